The van der Waals surface area contributed by atoms with Crippen molar-refractivity contribution in [1.29, 1.82) is 0 Å². The van der Waals surface area contributed by atoms with E-state index in [1.54, 1.807) is 0 Å². The quantitative estimate of drug-likeness (QED) is 0.889. The summed E-state index contributed by atoms with van der Waals surface area (Å²) in [5.74, 6) is 0.0980. The molecular weight excluding hydrogens is 266 g/mol. The highest BCUT2D eigenvalue weighted by Crippen LogP contribution is 2.14. The molecule has 2 aliphatic rings. The number of hydrogen-bond acceptors (Lipinski definition) is 4. The molecule has 114 valence electrons. The van der Waals surface area contributed by atoms with Crippen molar-refractivity contribution in [3.05, 3.63) is 35.4 Å². The summed E-state index contributed by atoms with van der Waals surface area (Å²) in [4.78, 5) is 16.6. The minimum Gasteiger partial charge on any atom is -0.379 e. The molecule has 2 heterocycles. The molecule has 5 nitrogen and oxygen atoms in total. The van der Waals surface area contributed by atoms with E-state index in [9.17, 15) is 4.79 Å². The second-order valence-corrected chi connectivity index (χ2v) is 5.89. The van der Waals surface area contributed by atoms with Gasteiger partial charge in [-0.1, -0.05) is 12.1 Å². The molecule has 0 spiro atoms. The lowest BCUT2D eigenvalue weighted by Gasteiger charge is -2.26. The average Bonchev–Trinajstić information content (AvgIpc) is 2.95. The maximum Gasteiger partial charge on any atom is 0.253 e. The lowest BCUT2D eigenvalue weighted by Crippen LogP contribution is -2.35. The Morgan fingerprint density at radius 3 is 2.52 bits per heavy atom. The fraction of sp³-hybridized carbons (Fsp3) is 0.562. The highest BCUT2D eigenvalue weighted by molar-refractivity contribution is 5.94. The van der Waals surface area contributed by atoms with Gasteiger partial charge in [-0.3, -0.25) is 9.69 Å². The Morgan fingerprint density at radius 1 is 1.19 bits per heavy atom. The van der Waals surface area contributed by atoms with E-state index in [0.717, 1.165) is 51.4 Å². The first-order chi connectivity index (χ1) is 10.2. The Bertz CT molecular complexity index is 483. The lowest BCUT2D eigenvalue weighted by atomic mass is 10.1. The van der Waals surface area contributed by atoms with E-state index in [4.69, 9.17) is 10.5 Å². The lowest BCUT2D eigenvalue weighted by molar-refractivity contribution is 0.0342. The van der Waals surface area contributed by atoms with Gasteiger partial charge in [-0.05, 0) is 24.1 Å². The molecule has 2 N–H and O–H groups in total. The number of morpholine rings is 1. The number of nitrogens with two attached hydrogens (primary N) is 1. The van der Waals surface area contributed by atoms with Crippen molar-refractivity contribution >= 4 is 5.91 Å². The first-order valence-corrected chi connectivity index (χ1v) is 7.66. The first kappa shape index (κ1) is 14.5. The van der Waals surface area contributed by atoms with Gasteiger partial charge in [0, 0.05) is 44.3 Å². The third-order valence-corrected chi connectivity index (χ3v) is 4.22. The van der Waals surface area contributed by atoms with E-state index < -0.39 is 0 Å². The van der Waals surface area contributed by atoms with Crippen LogP contribution in [0.1, 0.15) is 22.3 Å². The molecule has 0 unspecified atom stereocenters. The van der Waals surface area contributed by atoms with E-state index in [1.165, 1.54) is 5.56 Å². The number of carbonyl (C=O) groups excluding carboxylic acids is 1. The highest BCUT2D eigenvalue weighted by atomic mass is 16.5. The molecule has 0 radical (unpaired) electrons. The van der Waals surface area contributed by atoms with Crippen molar-refractivity contribution in [3.8, 4) is 0 Å². The van der Waals surface area contributed by atoms with Gasteiger partial charge in [-0.25, -0.2) is 0 Å². The number of carbonyl (C=O) groups is 1. The Morgan fingerprint density at radius 2 is 1.90 bits per heavy atom. The molecule has 1 aromatic rings. The molecule has 2 aliphatic heterocycles. The Balaban J connectivity index is 1.59. The molecule has 0 aromatic heterocycles. The third-order valence-electron chi connectivity index (χ3n) is 4.22. The van der Waals surface area contributed by atoms with Crippen LogP contribution < -0.4 is 5.73 Å². The van der Waals surface area contributed by atoms with Gasteiger partial charge < -0.3 is 15.4 Å². The fourth-order valence-electron chi connectivity index (χ4n) is 2.92. The maximum atomic E-state index is 12.3. The number of benzene rings is 1. The molecule has 1 atom stereocenters. The molecule has 21 heavy (non-hydrogen) atoms. The maximum absolute atomic E-state index is 12.3. The van der Waals surface area contributed by atoms with Crippen LogP contribution in [0.25, 0.3) is 0 Å². The van der Waals surface area contributed by atoms with Crippen LogP contribution >= 0.6 is 0 Å². The van der Waals surface area contributed by atoms with Crippen LogP contribution in [0, 0.1) is 0 Å². The number of ether oxygens (including phenoxy) is 1. The summed E-state index contributed by atoms with van der Waals surface area (Å²) in [5.41, 5.74) is 7.86. The second kappa shape index (κ2) is 6.56. The monoisotopic (exact) mass is 289 g/mol. The summed E-state index contributed by atoms with van der Waals surface area (Å²) in [7, 11) is 0. The van der Waals surface area contributed by atoms with Crippen LogP contribution in [-0.4, -0.2) is 61.1 Å². The fourth-order valence-corrected chi connectivity index (χ4v) is 2.92. The van der Waals surface area contributed by atoms with Gasteiger partial charge in [0.25, 0.3) is 5.91 Å². The molecule has 1 aromatic carbocycles. The number of amides is 1. The predicted molar refractivity (Wildman–Crippen MR) is 81.0 cm³/mol. The van der Waals surface area contributed by atoms with Gasteiger partial charge in [0.15, 0.2) is 0 Å². The minimum absolute atomic E-state index is 0.0980. The van der Waals surface area contributed by atoms with Crippen LogP contribution in [0.15, 0.2) is 24.3 Å². The summed E-state index contributed by atoms with van der Waals surface area (Å²) in [6.45, 7) is 5.95. The molecule has 1 amide bonds. The molecule has 0 aliphatic carbocycles. The standard InChI is InChI=1S/C16H23N3O2/c17-15-5-6-19(12-15)16(20)14-3-1-13(2-4-14)11-18-7-9-21-10-8-18/h1-4,15H,5-12,17H2/t15-/m0/s1. The van der Waals surface area contributed by atoms with E-state index in [1.807, 2.05) is 17.0 Å². The molecular formula is C16H23N3O2. The highest BCUT2D eigenvalue weighted by Gasteiger charge is 2.24. The van der Waals surface area contributed by atoms with Crippen molar-refractivity contribution < 1.29 is 9.53 Å². The Hall–Kier alpha value is -1.43. The smallest absolute Gasteiger partial charge is 0.253 e. The van der Waals surface area contributed by atoms with Gasteiger partial charge >= 0.3 is 0 Å². The van der Waals surface area contributed by atoms with Crippen LogP contribution in [0.5, 0.6) is 0 Å². The van der Waals surface area contributed by atoms with Gasteiger partial charge in [0.05, 0.1) is 13.2 Å². The normalized spacial score (nSPS) is 23.5. The zero-order valence-corrected chi connectivity index (χ0v) is 12.3. The SMILES string of the molecule is N[C@H]1CCN(C(=O)c2ccc(CN3CCOCC3)cc2)C1. The zero-order chi connectivity index (χ0) is 14.7. The van der Waals surface area contributed by atoms with Crippen molar-refractivity contribution in [3.63, 3.8) is 0 Å². The number of hydrogen-bond donors (Lipinski definition) is 1. The van der Waals surface area contributed by atoms with Gasteiger partial charge in [0.1, 0.15) is 0 Å². The topological polar surface area (TPSA) is 58.8 Å². The third kappa shape index (κ3) is 3.61. The van der Waals surface area contributed by atoms with E-state index in [0.29, 0.717) is 6.54 Å². The van der Waals surface area contributed by atoms with Crippen LogP contribution in [0.4, 0.5) is 0 Å². The number of rotatable bonds is 3. The predicted octanol–water partition coefficient (Wildman–Crippen LogP) is 0.692. The van der Waals surface area contributed by atoms with Crippen LogP contribution in [0.2, 0.25) is 0 Å². The van der Waals surface area contributed by atoms with Crippen molar-refractivity contribution in [2.45, 2.75) is 19.0 Å². The van der Waals surface area contributed by atoms with Crippen molar-refractivity contribution in [2.24, 2.45) is 5.73 Å². The van der Waals surface area contributed by atoms with E-state index >= 15 is 0 Å². The summed E-state index contributed by atoms with van der Waals surface area (Å²) >= 11 is 0. The van der Waals surface area contributed by atoms with Gasteiger partial charge in [0.2, 0.25) is 0 Å². The largest absolute Gasteiger partial charge is 0.379 e. The second-order valence-electron chi connectivity index (χ2n) is 5.89. The molecule has 0 bridgehead atoms. The number of nitrogens with zero attached hydrogens (tertiary/aromatic N) is 2. The van der Waals surface area contributed by atoms with E-state index in [2.05, 4.69) is 17.0 Å². The first-order valence-electron chi connectivity index (χ1n) is 7.66. The summed E-state index contributed by atoms with van der Waals surface area (Å²) in [6.07, 6.45) is 0.904. The minimum atomic E-state index is 0.0980. The summed E-state index contributed by atoms with van der Waals surface area (Å²) < 4.78 is 5.35. The number of likely N-dealkylation sites (tertiary alicyclic amines) is 1. The van der Waals surface area contributed by atoms with Crippen molar-refractivity contribution in [2.75, 3.05) is 39.4 Å². The molecule has 2 saturated heterocycles. The molecule has 3 rings (SSSR count). The van der Waals surface area contributed by atoms with Gasteiger partial charge in [-0.15, -0.1) is 0 Å². The Labute approximate surface area is 125 Å². The van der Waals surface area contributed by atoms with E-state index in [-0.39, 0.29) is 11.9 Å². The van der Waals surface area contributed by atoms with Crippen molar-refractivity contribution in [1.82, 2.24) is 9.80 Å². The summed E-state index contributed by atoms with van der Waals surface area (Å²) in [6, 6.07) is 8.11. The Kier molecular flexibility index (Phi) is 4.53. The van der Waals surface area contributed by atoms with Crippen LogP contribution in [-0.2, 0) is 11.3 Å². The average molecular weight is 289 g/mol. The molecule has 5 heteroatoms. The summed E-state index contributed by atoms with van der Waals surface area (Å²) in [5, 5.41) is 0. The van der Waals surface area contributed by atoms with Crippen LogP contribution in [0.3, 0.4) is 0 Å². The molecule has 0 saturated carbocycles. The van der Waals surface area contributed by atoms with Gasteiger partial charge in [-0.2, -0.15) is 0 Å². The molecule has 2 fully saturated rings. The zero-order valence-electron chi connectivity index (χ0n) is 12.3.